The van der Waals surface area contributed by atoms with Crippen LogP contribution in [-0.4, -0.2) is 34.5 Å². The number of carboxylic acids is 1. The number of hydrogen-bond donors (Lipinski definition) is 2. The van der Waals surface area contributed by atoms with Gasteiger partial charge in [0.25, 0.3) is 5.91 Å². The van der Waals surface area contributed by atoms with Crippen molar-refractivity contribution in [1.82, 2.24) is 5.06 Å². The third kappa shape index (κ3) is 8.53. The number of hydroxylamine groups is 2. The van der Waals surface area contributed by atoms with Gasteiger partial charge in [-0.3, -0.25) is 19.2 Å². The van der Waals surface area contributed by atoms with Crippen molar-refractivity contribution in [2.24, 2.45) is 11.3 Å². The van der Waals surface area contributed by atoms with Crippen LogP contribution in [-0.2, 0) is 25.8 Å². The van der Waals surface area contributed by atoms with Crippen molar-refractivity contribution in [3.8, 4) is 0 Å². The van der Waals surface area contributed by atoms with Gasteiger partial charge in [0, 0.05) is 18.0 Å². The maximum Gasteiger partial charge on any atom is 0.303 e. The van der Waals surface area contributed by atoms with E-state index in [0.717, 1.165) is 11.1 Å². The Morgan fingerprint density at radius 1 is 0.921 bits per heavy atom. The molecule has 0 fully saturated rings. The number of benzene rings is 3. The Kier molecular flexibility index (Phi) is 10.6. The Bertz CT molecular complexity index is 1190. The van der Waals surface area contributed by atoms with Gasteiger partial charge in [-0.1, -0.05) is 109 Å². The molecule has 1 unspecified atom stereocenters. The van der Waals surface area contributed by atoms with Crippen LogP contribution in [0.2, 0.25) is 0 Å². The van der Waals surface area contributed by atoms with Crippen molar-refractivity contribution in [3.63, 3.8) is 0 Å². The molecule has 200 valence electrons. The number of hydrogen-bond acceptors (Lipinski definition) is 4. The van der Waals surface area contributed by atoms with Gasteiger partial charge in [0.2, 0.25) is 5.91 Å². The summed E-state index contributed by atoms with van der Waals surface area (Å²) in [5, 5.41) is 13.5. The fourth-order valence-corrected chi connectivity index (χ4v) is 4.71. The fourth-order valence-electron chi connectivity index (χ4n) is 4.18. The third-order valence-electron chi connectivity index (χ3n) is 6.28. The average Bonchev–Trinajstić information content (AvgIpc) is 2.91. The molecule has 0 aliphatic carbocycles. The van der Waals surface area contributed by atoms with Gasteiger partial charge in [-0.15, -0.1) is 0 Å². The van der Waals surface area contributed by atoms with E-state index in [9.17, 15) is 19.5 Å². The summed E-state index contributed by atoms with van der Waals surface area (Å²) in [4.78, 5) is 43.9. The highest BCUT2D eigenvalue weighted by atomic mass is 79.9. The van der Waals surface area contributed by atoms with E-state index in [1.54, 1.807) is 12.1 Å². The molecule has 3 aromatic carbocycles. The zero-order valence-electron chi connectivity index (χ0n) is 21.5. The second-order valence-corrected chi connectivity index (χ2v) is 10.7. The standard InChI is InChI=1S/C30H33BrN2O5/c1-30(2,25(18-19-26(34)35)28(36)32-24-16-10-5-11-17-24)21-33(38-20-22-12-6-3-7-13-22)29(37)27(31)23-14-8-4-9-15-23/h3-17,25,27H,18-21H2,1-2H3,(H,32,36)(H,34,35)/t25-,27?/m1/s1. The molecule has 0 bridgehead atoms. The van der Waals surface area contributed by atoms with E-state index in [2.05, 4.69) is 21.2 Å². The SMILES string of the molecule is CC(C)(CN(OCc1ccccc1)C(=O)C(Br)c1ccccc1)[C@H](CCC(=O)O)C(=O)Nc1ccccc1. The number of carboxylic acid groups (broad SMARTS) is 1. The molecular weight excluding hydrogens is 548 g/mol. The van der Waals surface area contributed by atoms with Crippen LogP contribution in [0.5, 0.6) is 0 Å². The Balaban J connectivity index is 1.86. The summed E-state index contributed by atoms with van der Waals surface area (Å²) in [6, 6.07) is 27.8. The van der Waals surface area contributed by atoms with E-state index in [0.29, 0.717) is 5.69 Å². The summed E-state index contributed by atoms with van der Waals surface area (Å²) in [6.45, 7) is 3.93. The minimum absolute atomic E-state index is 0.0695. The van der Waals surface area contributed by atoms with Crippen LogP contribution in [0, 0.1) is 11.3 Å². The van der Waals surface area contributed by atoms with Crippen molar-refractivity contribution >= 4 is 39.4 Å². The molecular formula is C30H33BrN2O5. The number of anilines is 1. The van der Waals surface area contributed by atoms with Crippen LogP contribution in [0.15, 0.2) is 91.0 Å². The lowest BCUT2D eigenvalue weighted by atomic mass is 9.75. The number of para-hydroxylation sites is 1. The summed E-state index contributed by atoms with van der Waals surface area (Å²) in [6.07, 6.45) is -0.0711. The first-order valence-corrected chi connectivity index (χ1v) is 13.3. The molecule has 3 aromatic rings. The molecule has 7 nitrogen and oxygen atoms in total. The molecule has 0 spiro atoms. The minimum atomic E-state index is -0.990. The predicted octanol–water partition coefficient (Wildman–Crippen LogP) is 6.23. The lowest BCUT2D eigenvalue weighted by Crippen LogP contribution is -2.46. The van der Waals surface area contributed by atoms with Crippen LogP contribution in [0.3, 0.4) is 0 Å². The van der Waals surface area contributed by atoms with Gasteiger partial charge < -0.3 is 10.4 Å². The number of nitrogens with zero attached hydrogens (tertiary/aromatic N) is 1. The van der Waals surface area contributed by atoms with Gasteiger partial charge in [0.05, 0.1) is 6.54 Å². The van der Waals surface area contributed by atoms with Crippen molar-refractivity contribution < 1.29 is 24.3 Å². The largest absolute Gasteiger partial charge is 0.481 e. The smallest absolute Gasteiger partial charge is 0.303 e. The average molecular weight is 582 g/mol. The molecule has 2 atom stereocenters. The van der Waals surface area contributed by atoms with Crippen LogP contribution < -0.4 is 5.32 Å². The lowest BCUT2D eigenvalue weighted by Gasteiger charge is -2.38. The zero-order valence-corrected chi connectivity index (χ0v) is 23.1. The van der Waals surface area contributed by atoms with E-state index < -0.39 is 22.1 Å². The second kappa shape index (κ2) is 13.9. The number of carbonyl (C=O) groups is 3. The van der Waals surface area contributed by atoms with Crippen molar-refractivity contribution in [1.29, 1.82) is 0 Å². The van der Waals surface area contributed by atoms with Crippen LogP contribution in [0.25, 0.3) is 0 Å². The third-order valence-corrected chi connectivity index (χ3v) is 7.20. The van der Waals surface area contributed by atoms with Gasteiger partial charge >= 0.3 is 5.97 Å². The number of aliphatic carboxylic acids is 1. The first kappa shape index (κ1) is 29.1. The summed E-state index contributed by atoms with van der Waals surface area (Å²) < 4.78 is 0. The molecule has 0 saturated heterocycles. The van der Waals surface area contributed by atoms with Crippen molar-refractivity contribution in [3.05, 3.63) is 102 Å². The van der Waals surface area contributed by atoms with Gasteiger partial charge in [0.1, 0.15) is 11.4 Å². The van der Waals surface area contributed by atoms with E-state index in [4.69, 9.17) is 4.84 Å². The molecule has 2 N–H and O–H groups in total. The number of rotatable bonds is 13. The van der Waals surface area contributed by atoms with Crippen LogP contribution in [0.1, 0.15) is 42.6 Å². The first-order chi connectivity index (χ1) is 18.2. The van der Waals surface area contributed by atoms with Gasteiger partial charge in [-0.2, -0.15) is 0 Å². The minimum Gasteiger partial charge on any atom is -0.481 e. The maximum absolute atomic E-state index is 13.7. The number of carbonyl (C=O) groups excluding carboxylic acids is 2. The normalized spacial score (nSPS) is 12.8. The second-order valence-electron chi connectivity index (χ2n) is 9.74. The molecule has 0 aliphatic heterocycles. The highest BCUT2D eigenvalue weighted by Gasteiger charge is 2.39. The number of alkyl halides is 1. The van der Waals surface area contributed by atoms with Gasteiger partial charge in [-0.25, -0.2) is 5.06 Å². The molecule has 0 aliphatic rings. The monoisotopic (exact) mass is 580 g/mol. The highest BCUT2D eigenvalue weighted by Crippen LogP contribution is 2.35. The molecule has 0 heterocycles. The van der Waals surface area contributed by atoms with Gasteiger partial charge in [-0.05, 0) is 35.1 Å². The number of amides is 2. The van der Waals surface area contributed by atoms with Crippen LogP contribution >= 0.6 is 15.9 Å². The Morgan fingerprint density at radius 3 is 2.05 bits per heavy atom. The van der Waals surface area contributed by atoms with E-state index in [1.165, 1.54) is 5.06 Å². The summed E-state index contributed by atoms with van der Waals surface area (Å²) in [7, 11) is 0. The summed E-state index contributed by atoms with van der Waals surface area (Å²) in [5.41, 5.74) is 1.45. The molecule has 38 heavy (non-hydrogen) atoms. The molecule has 3 rings (SSSR count). The quantitative estimate of drug-likeness (QED) is 0.184. The van der Waals surface area contributed by atoms with Crippen molar-refractivity contribution in [2.45, 2.75) is 38.1 Å². The maximum atomic E-state index is 13.7. The van der Waals surface area contributed by atoms with Gasteiger partial charge in [0.15, 0.2) is 0 Å². The Hall–Kier alpha value is -3.49. The summed E-state index contributed by atoms with van der Waals surface area (Å²) in [5.74, 6) is -2.33. The lowest BCUT2D eigenvalue weighted by molar-refractivity contribution is -0.201. The summed E-state index contributed by atoms with van der Waals surface area (Å²) >= 11 is 3.52. The topological polar surface area (TPSA) is 95.9 Å². The predicted molar refractivity (Wildman–Crippen MR) is 150 cm³/mol. The van der Waals surface area contributed by atoms with E-state index >= 15 is 0 Å². The molecule has 0 radical (unpaired) electrons. The molecule has 2 amide bonds. The Morgan fingerprint density at radius 2 is 1.47 bits per heavy atom. The highest BCUT2D eigenvalue weighted by molar-refractivity contribution is 9.09. The number of halogens is 1. The van der Waals surface area contributed by atoms with E-state index in [-0.39, 0.29) is 37.8 Å². The Labute approximate surface area is 231 Å². The van der Waals surface area contributed by atoms with Crippen LogP contribution in [0.4, 0.5) is 5.69 Å². The van der Waals surface area contributed by atoms with E-state index in [1.807, 2.05) is 92.7 Å². The first-order valence-electron chi connectivity index (χ1n) is 12.4. The zero-order chi connectivity index (χ0) is 27.5. The molecule has 0 aromatic heterocycles. The molecule has 0 saturated carbocycles. The fraction of sp³-hybridized carbons (Fsp3) is 0.300. The number of nitrogens with one attached hydrogen (secondary N) is 1. The van der Waals surface area contributed by atoms with Crippen molar-refractivity contribution in [2.75, 3.05) is 11.9 Å². The molecule has 8 heteroatoms.